The van der Waals surface area contributed by atoms with E-state index in [0.717, 1.165) is 25.8 Å². The van der Waals surface area contributed by atoms with Crippen LogP contribution < -0.4 is 10.6 Å². The lowest BCUT2D eigenvalue weighted by molar-refractivity contribution is -0.122. The van der Waals surface area contributed by atoms with E-state index in [-0.39, 0.29) is 5.91 Å². The van der Waals surface area contributed by atoms with Gasteiger partial charge >= 0.3 is 0 Å². The summed E-state index contributed by atoms with van der Waals surface area (Å²) < 4.78 is 0. The topological polar surface area (TPSA) is 41.1 Å². The molecule has 1 aliphatic carbocycles. The summed E-state index contributed by atoms with van der Waals surface area (Å²) in [6.45, 7) is 9.80. The summed E-state index contributed by atoms with van der Waals surface area (Å²) in [5, 5.41) is 6.53. The third-order valence-corrected chi connectivity index (χ3v) is 3.70. The number of hydrogen-bond acceptors (Lipinski definition) is 2. The van der Waals surface area contributed by atoms with E-state index >= 15 is 0 Å². The van der Waals surface area contributed by atoms with Crippen molar-refractivity contribution >= 4 is 5.91 Å². The molecule has 0 aromatic carbocycles. The Labute approximate surface area is 112 Å². The van der Waals surface area contributed by atoms with Gasteiger partial charge < -0.3 is 10.6 Å². The van der Waals surface area contributed by atoms with Crippen LogP contribution in [-0.2, 0) is 4.79 Å². The Kier molecular flexibility index (Phi) is 6.13. The lowest BCUT2D eigenvalue weighted by Gasteiger charge is -2.35. The molecule has 2 N–H and O–H groups in total. The molecule has 1 amide bonds. The van der Waals surface area contributed by atoms with Crippen LogP contribution in [0.4, 0.5) is 0 Å². The Morgan fingerprint density at radius 1 is 1.39 bits per heavy atom. The van der Waals surface area contributed by atoms with Crippen LogP contribution in [0.3, 0.4) is 0 Å². The minimum Gasteiger partial charge on any atom is -0.353 e. The van der Waals surface area contributed by atoms with Gasteiger partial charge in [0.15, 0.2) is 0 Å². The van der Waals surface area contributed by atoms with Crippen LogP contribution in [-0.4, -0.2) is 24.5 Å². The van der Waals surface area contributed by atoms with Crippen LogP contribution in [0.5, 0.6) is 0 Å². The lowest BCUT2D eigenvalue weighted by Crippen LogP contribution is -2.40. The van der Waals surface area contributed by atoms with Crippen molar-refractivity contribution in [3.05, 3.63) is 0 Å². The molecule has 3 nitrogen and oxygen atoms in total. The molecule has 1 fully saturated rings. The van der Waals surface area contributed by atoms with E-state index < -0.39 is 0 Å². The molecule has 1 aliphatic rings. The van der Waals surface area contributed by atoms with Gasteiger partial charge in [-0.25, -0.2) is 0 Å². The smallest absolute Gasteiger partial charge is 0.220 e. The largest absolute Gasteiger partial charge is 0.353 e. The van der Waals surface area contributed by atoms with E-state index in [4.69, 9.17) is 0 Å². The normalized spacial score (nSPS) is 23.1. The van der Waals surface area contributed by atoms with Gasteiger partial charge in [-0.15, -0.1) is 0 Å². The summed E-state index contributed by atoms with van der Waals surface area (Å²) in [7, 11) is 0. The summed E-state index contributed by atoms with van der Waals surface area (Å²) in [6.07, 6.45) is 6.39. The van der Waals surface area contributed by atoms with Crippen LogP contribution in [0.2, 0.25) is 0 Å². The predicted molar refractivity (Wildman–Crippen MR) is 76.6 cm³/mol. The molecule has 0 saturated heterocycles. The van der Waals surface area contributed by atoms with Crippen LogP contribution in [0.1, 0.15) is 66.2 Å². The standard InChI is InChI=1S/C15H30N2O/c1-12(2)16-10-6-8-14(18)17-13-7-5-9-15(3,4)11-13/h12-13,16H,5-11H2,1-4H3,(H,17,18). The van der Waals surface area contributed by atoms with Crippen LogP contribution in [0.15, 0.2) is 0 Å². The van der Waals surface area contributed by atoms with Gasteiger partial charge in [0.05, 0.1) is 0 Å². The zero-order chi connectivity index (χ0) is 13.6. The first-order chi connectivity index (χ1) is 8.39. The third-order valence-electron chi connectivity index (χ3n) is 3.70. The van der Waals surface area contributed by atoms with Crippen molar-refractivity contribution < 1.29 is 4.79 Å². The molecule has 1 rings (SSSR count). The SMILES string of the molecule is CC(C)NCCCC(=O)NC1CCCC(C)(C)C1. The quantitative estimate of drug-likeness (QED) is 0.716. The Hall–Kier alpha value is -0.570. The number of hydrogen-bond donors (Lipinski definition) is 2. The van der Waals surface area contributed by atoms with Crippen molar-refractivity contribution in [1.29, 1.82) is 0 Å². The van der Waals surface area contributed by atoms with Crippen molar-refractivity contribution in [1.82, 2.24) is 10.6 Å². The number of amides is 1. The average molecular weight is 254 g/mol. The Bertz CT molecular complexity index is 261. The van der Waals surface area contributed by atoms with Gasteiger partial charge in [-0.05, 0) is 37.6 Å². The van der Waals surface area contributed by atoms with Gasteiger partial charge in [-0.3, -0.25) is 4.79 Å². The zero-order valence-corrected chi connectivity index (χ0v) is 12.5. The highest BCUT2D eigenvalue weighted by atomic mass is 16.1. The molecule has 0 spiro atoms. The maximum atomic E-state index is 11.8. The molecule has 0 aliphatic heterocycles. The maximum Gasteiger partial charge on any atom is 0.220 e. The van der Waals surface area contributed by atoms with Gasteiger partial charge in [0.1, 0.15) is 0 Å². The fraction of sp³-hybridized carbons (Fsp3) is 0.933. The molecule has 3 heteroatoms. The molecule has 1 saturated carbocycles. The molecule has 0 radical (unpaired) electrons. The van der Waals surface area contributed by atoms with E-state index in [0.29, 0.717) is 23.9 Å². The second-order valence-electron chi connectivity index (χ2n) is 6.74. The highest BCUT2D eigenvalue weighted by Gasteiger charge is 2.28. The van der Waals surface area contributed by atoms with Crippen LogP contribution in [0.25, 0.3) is 0 Å². The van der Waals surface area contributed by atoms with Gasteiger partial charge in [0, 0.05) is 18.5 Å². The molecule has 1 unspecified atom stereocenters. The third kappa shape index (κ3) is 6.39. The second-order valence-corrected chi connectivity index (χ2v) is 6.74. The molecule has 18 heavy (non-hydrogen) atoms. The lowest BCUT2D eigenvalue weighted by atomic mass is 9.75. The monoisotopic (exact) mass is 254 g/mol. The summed E-state index contributed by atoms with van der Waals surface area (Å²) >= 11 is 0. The first-order valence-electron chi connectivity index (χ1n) is 7.42. The summed E-state index contributed by atoms with van der Waals surface area (Å²) in [5.41, 5.74) is 0.398. The molecule has 106 valence electrons. The minimum absolute atomic E-state index is 0.225. The van der Waals surface area contributed by atoms with Gasteiger partial charge in [-0.2, -0.15) is 0 Å². The Balaban J connectivity index is 2.16. The number of carbonyl (C=O) groups is 1. The van der Waals surface area contributed by atoms with Crippen molar-refractivity contribution in [3.63, 3.8) is 0 Å². The van der Waals surface area contributed by atoms with E-state index in [1.165, 1.54) is 12.8 Å². The van der Waals surface area contributed by atoms with E-state index in [9.17, 15) is 4.79 Å². The summed E-state index contributed by atoms with van der Waals surface area (Å²) in [6, 6.07) is 0.909. The highest BCUT2D eigenvalue weighted by molar-refractivity contribution is 5.76. The Morgan fingerprint density at radius 2 is 2.11 bits per heavy atom. The molecule has 0 aromatic rings. The maximum absolute atomic E-state index is 11.8. The van der Waals surface area contributed by atoms with Gasteiger partial charge in [-0.1, -0.05) is 34.1 Å². The van der Waals surface area contributed by atoms with E-state index in [1.54, 1.807) is 0 Å². The van der Waals surface area contributed by atoms with E-state index in [2.05, 4.69) is 38.3 Å². The molecule has 1 atom stereocenters. The molecule has 0 heterocycles. The zero-order valence-electron chi connectivity index (χ0n) is 12.5. The summed E-state index contributed by atoms with van der Waals surface area (Å²) in [5.74, 6) is 0.225. The molecular formula is C15H30N2O. The second kappa shape index (κ2) is 7.13. The average Bonchev–Trinajstić information content (AvgIpc) is 2.22. The molecule has 0 bridgehead atoms. The number of carbonyl (C=O) groups excluding carboxylic acids is 1. The van der Waals surface area contributed by atoms with Crippen LogP contribution >= 0.6 is 0 Å². The number of nitrogens with one attached hydrogen (secondary N) is 2. The van der Waals surface area contributed by atoms with Crippen molar-refractivity contribution in [2.24, 2.45) is 5.41 Å². The van der Waals surface area contributed by atoms with Crippen LogP contribution in [0, 0.1) is 5.41 Å². The first kappa shape index (κ1) is 15.5. The van der Waals surface area contributed by atoms with E-state index in [1.807, 2.05) is 0 Å². The first-order valence-corrected chi connectivity index (χ1v) is 7.42. The fourth-order valence-electron chi connectivity index (χ4n) is 2.76. The van der Waals surface area contributed by atoms with Crippen molar-refractivity contribution in [3.8, 4) is 0 Å². The number of rotatable bonds is 6. The summed E-state index contributed by atoms with van der Waals surface area (Å²) in [4.78, 5) is 11.8. The minimum atomic E-state index is 0.225. The van der Waals surface area contributed by atoms with Gasteiger partial charge in [0.2, 0.25) is 5.91 Å². The fourth-order valence-corrected chi connectivity index (χ4v) is 2.76. The molecular weight excluding hydrogens is 224 g/mol. The van der Waals surface area contributed by atoms with Crippen molar-refractivity contribution in [2.45, 2.75) is 78.3 Å². The molecule has 0 aromatic heterocycles. The Morgan fingerprint density at radius 3 is 2.72 bits per heavy atom. The van der Waals surface area contributed by atoms with Crippen molar-refractivity contribution in [2.75, 3.05) is 6.54 Å². The predicted octanol–water partition coefficient (Wildman–Crippen LogP) is 2.85. The van der Waals surface area contributed by atoms with Gasteiger partial charge in [0.25, 0.3) is 0 Å². The highest BCUT2D eigenvalue weighted by Crippen LogP contribution is 2.35.